The number of carboxylic acids is 1. The quantitative estimate of drug-likeness (QED) is 0.195. The number of aryl methyl sites for hydroxylation is 1. The standard InChI is InChI=1S/C33H29N3O4/c34-22-25-10-4-9-24(19-25)20-30(36-32(38)33(39)40)27-16-14-26(15-17-27)28-12-5-13-29(21-28)31(37)35-18-6-11-23-7-2-1-3-8-23/h1-5,7-10,12-17,19,21,30H,6,11,18,20H2,(H,35,37)(H,36,38)(H,39,40). The van der Waals surface area contributed by atoms with Crippen molar-refractivity contribution in [3.8, 4) is 17.2 Å². The second kappa shape index (κ2) is 13.5. The van der Waals surface area contributed by atoms with Gasteiger partial charge in [-0.15, -0.1) is 0 Å². The Kier molecular flexibility index (Phi) is 9.41. The van der Waals surface area contributed by atoms with Gasteiger partial charge in [0.05, 0.1) is 17.7 Å². The van der Waals surface area contributed by atoms with Crippen LogP contribution in [0.15, 0.2) is 103 Å². The van der Waals surface area contributed by atoms with E-state index in [1.807, 2.05) is 66.7 Å². The molecule has 2 amide bonds. The van der Waals surface area contributed by atoms with Gasteiger partial charge in [-0.1, -0.05) is 78.9 Å². The molecule has 1 unspecified atom stereocenters. The number of carbonyl (C=O) groups is 3. The molecule has 0 fully saturated rings. The van der Waals surface area contributed by atoms with Crippen LogP contribution in [0.2, 0.25) is 0 Å². The molecule has 1 atom stereocenters. The van der Waals surface area contributed by atoms with Crippen LogP contribution in [-0.2, 0) is 22.4 Å². The summed E-state index contributed by atoms with van der Waals surface area (Å²) in [4.78, 5) is 35.9. The highest BCUT2D eigenvalue weighted by Crippen LogP contribution is 2.25. The fourth-order valence-electron chi connectivity index (χ4n) is 4.46. The Morgan fingerprint density at radius 3 is 2.25 bits per heavy atom. The number of aliphatic carboxylic acids is 1. The van der Waals surface area contributed by atoms with Crippen LogP contribution >= 0.6 is 0 Å². The summed E-state index contributed by atoms with van der Waals surface area (Å²) in [6.45, 7) is 0.577. The van der Waals surface area contributed by atoms with Gasteiger partial charge in [0.25, 0.3) is 5.91 Å². The monoisotopic (exact) mass is 531 g/mol. The summed E-state index contributed by atoms with van der Waals surface area (Å²) in [5, 5.41) is 23.9. The van der Waals surface area contributed by atoms with E-state index in [0.29, 0.717) is 29.7 Å². The number of nitriles is 1. The number of amides is 2. The molecule has 0 heterocycles. The third kappa shape index (κ3) is 7.65. The zero-order chi connectivity index (χ0) is 28.3. The zero-order valence-corrected chi connectivity index (χ0v) is 21.8. The van der Waals surface area contributed by atoms with Crippen LogP contribution in [0.25, 0.3) is 11.1 Å². The number of hydrogen-bond acceptors (Lipinski definition) is 4. The molecule has 4 aromatic carbocycles. The second-order valence-electron chi connectivity index (χ2n) is 9.40. The van der Waals surface area contributed by atoms with Crippen LogP contribution in [0.5, 0.6) is 0 Å². The van der Waals surface area contributed by atoms with E-state index >= 15 is 0 Å². The van der Waals surface area contributed by atoms with E-state index in [9.17, 15) is 19.6 Å². The van der Waals surface area contributed by atoms with E-state index in [2.05, 4.69) is 28.8 Å². The number of hydrogen-bond donors (Lipinski definition) is 3. The highest BCUT2D eigenvalue weighted by Gasteiger charge is 2.20. The molecule has 0 saturated carbocycles. The summed E-state index contributed by atoms with van der Waals surface area (Å²) in [5.74, 6) is -2.81. The van der Waals surface area contributed by atoms with Crippen LogP contribution < -0.4 is 10.6 Å². The van der Waals surface area contributed by atoms with E-state index in [1.54, 1.807) is 24.3 Å². The smallest absolute Gasteiger partial charge is 0.394 e. The number of carbonyl (C=O) groups excluding carboxylic acids is 2. The predicted octanol–water partition coefficient (Wildman–Crippen LogP) is 5.07. The van der Waals surface area contributed by atoms with Crippen LogP contribution in [-0.4, -0.2) is 29.4 Å². The van der Waals surface area contributed by atoms with Crippen molar-refractivity contribution in [1.29, 1.82) is 5.26 Å². The largest absolute Gasteiger partial charge is 0.474 e. The van der Waals surface area contributed by atoms with E-state index in [-0.39, 0.29) is 5.91 Å². The lowest BCUT2D eigenvalue weighted by atomic mass is 9.95. The highest BCUT2D eigenvalue weighted by molar-refractivity contribution is 6.31. The SMILES string of the molecule is N#Cc1cccc(CC(NC(=O)C(=O)O)c2ccc(-c3cccc(C(=O)NCCCc4ccccc4)c3)cc2)c1. The first-order valence-corrected chi connectivity index (χ1v) is 13.0. The minimum absolute atomic E-state index is 0.137. The third-order valence-electron chi connectivity index (χ3n) is 6.54. The molecule has 7 nitrogen and oxygen atoms in total. The lowest BCUT2D eigenvalue weighted by Gasteiger charge is -2.19. The molecule has 40 heavy (non-hydrogen) atoms. The average molecular weight is 532 g/mol. The van der Waals surface area contributed by atoms with Gasteiger partial charge in [0.1, 0.15) is 0 Å². The Bertz CT molecular complexity index is 1530. The molecule has 0 bridgehead atoms. The van der Waals surface area contributed by atoms with Gasteiger partial charge in [-0.05, 0) is 71.3 Å². The van der Waals surface area contributed by atoms with Crippen LogP contribution in [0.3, 0.4) is 0 Å². The molecular formula is C33H29N3O4. The van der Waals surface area contributed by atoms with Gasteiger partial charge in [0, 0.05) is 12.1 Å². The van der Waals surface area contributed by atoms with Crippen LogP contribution in [0.4, 0.5) is 0 Å². The van der Waals surface area contributed by atoms with Gasteiger partial charge < -0.3 is 15.7 Å². The molecule has 4 aromatic rings. The zero-order valence-electron chi connectivity index (χ0n) is 21.8. The Labute approximate surface area is 233 Å². The average Bonchev–Trinajstić information content (AvgIpc) is 2.99. The van der Waals surface area contributed by atoms with Crippen molar-refractivity contribution in [1.82, 2.24) is 10.6 Å². The fourth-order valence-corrected chi connectivity index (χ4v) is 4.46. The van der Waals surface area contributed by atoms with Crippen molar-refractivity contribution in [2.75, 3.05) is 6.54 Å². The van der Waals surface area contributed by atoms with Crippen LogP contribution in [0.1, 0.15) is 45.1 Å². The number of nitrogens with one attached hydrogen (secondary N) is 2. The van der Waals surface area contributed by atoms with Gasteiger partial charge >= 0.3 is 11.9 Å². The van der Waals surface area contributed by atoms with Crippen molar-refractivity contribution >= 4 is 17.8 Å². The van der Waals surface area contributed by atoms with E-state index in [1.165, 1.54) is 5.56 Å². The predicted molar refractivity (Wildman–Crippen MR) is 152 cm³/mol. The first kappa shape index (κ1) is 27.8. The summed E-state index contributed by atoms with van der Waals surface area (Å²) in [6.07, 6.45) is 2.05. The normalized spacial score (nSPS) is 11.2. The molecule has 0 aromatic heterocycles. The molecule has 0 aliphatic heterocycles. The van der Waals surface area contributed by atoms with Crippen molar-refractivity contribution in [2.45, 2.75) is 25.3 Å². The van der Waals surface area contributed by atoms with Gasteiger partial charge in [-0.3, -0.25) is 9.59 Å². The van der Waals surface area contributed by atoms with Crippen molar-refractivity contribution in [3.63, 3.8) is 0 Å². The first-order valence-electron chi connectivity index (χ1n) is 13.0. The van der Waals surface area contributed by atoms with Gasteiger partial charge in [0.15, 0.2) is 0 Å². The van der Waals surface area contributed by atoms with Gasteiger partial charge in [-0.2, -0.15) is 5.26 Å². The topological polar surface area (TPSA) is 119 Å². The molecule has 0 radical (unpaired) electrons. The first-order chi connectivity index (χ1) is 19.4. The summed E-state index contributed by atoms with van der Waals surface area (Å²) in [7, 11) is 0. The highest BCUT2D eigenvalue weighted by atomic mass is 16.4. The lowest BCUT2D eigenvalue weighted by molar-refractivity contribution is -0.150. The van der Waals surface area contributed by atoms with E-state index < -0.39 is 17.9 Å². The summed E-state index contributed by atoms with van der Waals surface area (Å²) in [5.41, 5.74) is 5.52. The molecule has 7 heteroatoms. The van der Waals surface area contributed by atoms with E-state index in [0.717, 1.165) is 29.5 Å². The molecule has 3 N–H and O–H groups in total. The Balaban J connectivity index is 1.44. The molecular weight excluding hydrogens is 502 g/mol. The van der Waals surface area contributed by atoms with Crippen molar-refractivity contribution in [3.05, 3.63) is 131 Å². The molecule has 4 rings (SSSR count). The van der Waals surface area contributed by atoms with Crippen LogP contribution in [0, 0.1) is 11.3 Å². The molecule has 0 saturated heterocycles. The third-order valence-corrected chi connectivity index (χ3v) is 6.54. The Hall–Kier alpha value is -5.22. The minimum atomic E-state index is -1.57. The maximum absolute atomic E-state index is 12.7. The second-order valence-corrected chi connectivity index (χ2v) is 9.40. The van der Waals surface area contributed by atoms with Crippen molar-refractivity contribution < 1.29 is 19.5 Å². The van der Waals surface area contributed by atoms with E-state index in [4.69, 9.17) is 5.11 Å². The summed E-state index contributed by atoms with van der Waals surface area (Å²) in [6, 6.07) is 33.4. The van der Waals surface area contributed by atoms with Gasteiger partial charge in [-0.25, -0.2) is 4.79 Å². The maximum atomic E-state index is 12.7. The maximum Gasteiger partial charge on any atom is 0.394 e. The number of carboxylic acid groups (broad SMARTS) is 1. The molecule has 200 valence electrons. The number of nitrogens with zero attached hydrogens (tertiary/aromatic N) is 1. The Morgan fingerprint density at radius 2 is 1.52 bits per heavy atom. The molecule has 0 spiro atoms. The lowest BCUT2D eigenvalue weighted by Crippen LogP contribution is -2.35. The molecule has 0 aliphatic carbocycles. The minimum Gasteiger partial charge on any atom is -0.474 e. The van der Waals surface area contributed by atoms with Gasteiger partial charge in [0.2, 0.25) is 0 Å². The van der Waals surface area contributed by atoms with Crippen molar-refractivity contribution in [2.24, 2.45) is 0 Å². The number of rotatable bonds is 10. The fraction of sp³-hybridized carbons (Fsp3) is 0.152. The molecule has 0 aliphatic rings. The summed E-state index contributed by atoms with van der Waals surface area (Å²) >= 11 is 0. The number of benzene rings is 4. The Morgan fingerprint density at radius 1 is 0.800 bits per heavy atom. The summed E-state index contributed by atoms with van der Waals surface area (Å²) < 4.78 is 0.